The molecule has 4 rings (SSSR count). The summed E-state index contributed by atoms with van der Waals surface area (Å²) in [5, 5.41) is 4.00. The van der Waals surface area contributed by atoms with Crippen molar-refractivity contribution in [1.29, 1.82) is 0 Å². The van der Waals surface area contributed by atoms with Gasteiger partial charge in [0.05, 0.1) is 5.56 Å². The zero-order valence-electron chi connectivity index (χ0n) is 16.5. The minimum Gasteiger partial charge on any atom is -0.357 e. The quantitative estimate of drug-likeness (QED) is 0.627. The first-order chi connectivity index (χ1) is 14.4. The van der Waals surface area contributed by atoms with E-state index in [2.05, 4.69) is 33.4 Å². The molecule has 2 heterocycles. The Balaban J connectivity index is 1.32. The monoisotopic (exact) mass is 415 g/mol. The van der Waals surface area contributed by atoms with E-state index in [-0.39, 0.29) is 11.5 Å². The van der Waals surface area contributed by atoms with Crippen molar-refractivity contribution in [3.05, 3.63) is 71.4 Å². The number of rotatable bonds is 5. The first-order valence-electron chi connectivity index (χ1n) is 10.1. The summed E-state index contributed by atoms with van der Waals surface area (Å²) < 4.78 is 38.6. The molecule has 1 atom stereocenters. The summed E-state index contributed by atoms with van der Waals surface area (Å²) in [6.07, 6.45) is -2.43. The number of alkyl halides is 3. The predicted octanol–water partition coefficient (Wildman–Crippen LogP) is 4.83. The number of hydrogen-bond acceptors (Lipinski definition) is 2. The molecule has 0 radical (unpaired) electrons. The minimum absolute atomic E-state index is 0.0376. The predicted molar refractivity (Wildman–Crippen MR) is 110 cm³/mol. The number of nitrogens with zero attached hydrogens (tertiary/aromatic N) is 1. The molecule has 30 heavy (non-hydrogen) atoms. The summed E-state index contributed by atoms with van der Waals surface area (Å²) in [6.45, 7) is 3.11. The summed E-state index contributed by atoms with van der Waals surface area (Å²) >= 11 is 0. The molecule has 3 aromatic rings. The van der Waals surface area contributed by atoms with Gasteiger partial charge in [-0.1, -0.05) is 24.3 Å². The van der Waals surface area contributed by atoms with Gasteiger partial charge in [0.25, 0.3) is 5.91 Å². The Morgan fingerprint density at radius 2 is 1.97 bits per heavy atom. The number of halogens is 3. The highest BCUT2D eigenvalue weighted by atomic mass is 19.4. The van der Waals surface area contributed by atoms with Crippen LogP contribution < -0.4 is 5.32 Å². The molecule has 0 unspecified atom stereocenters. The fraction of sp³-hybridized carbons (Fsp3) is 0.348. The molecule has 1 fully saturated rings. The number of carbonyl (C=O) groups is 1. The van der Waals surface area contributed by atoms with E-state index in [1.54, 1.807) is 0 Å². The van der Waals surface area contributed by atoms with Crippen LogP contribution in [-0.2, 0) is 12.7 Å². The van der Waals surface area contributed by atoms with Gasteiger partial charge in [0, 0.05) is 36.4 Å². The molecule has 0 spiro atoms. The summed E-state index contributed by atoms with van der Waals surface area (Å²) in [7, 11) is 0. The summed E-state index contributed by atoms with van der Waals surface area (Å²) in [4.78, 5) is 18.1. The number of piperidine rings is 1. The second-order valence-corrected chi connectivity index (χ2v) is 7.91. The van der Waals surface area contributed by atoms with Crippen LogP contribution in [0.4, 0.5) is 13.2 Å². The Kier molecular flexibility index (Phi) is 5.81. The number of H-pyrrole nitrogens is 1. The molecule has 0 aliphatic carbocycles. The molecule has 1 amide bonds. The molecule has 1 saturated heterocycles. The average molecular weight is 415 g/mol. The molecular weight excluding hydrogens is 391 g/mol. The number of hydrogen-bond donors (Lipinski definition) is 2. The molecule has 4 nitrogen and oxygen atoms in total. The average Bonchev–Trinajstić information content (AvgIpc) is 3.14. The van der Waals surface area contributed by atoms with E-state index in [9.17, 15) is 18.0 Å². The van der Waals surface area contributed by atoms with E-state index < -0.39 is 17.6 Å². The fourth-order valence-electron chi connectivity index (χ4n) is 4.10. The van der Waals surface area contributed by atoms with E-state index in [0.717, 1.165) is 55.8 Å². The highest BCUT2D eigenvalue weighted by molar-refractivity contribution is 5.94. The van der Waals surface area contributed by atoms with Gasteiger partial charge >= 0.3 is 6.18 Å². The molecule has 1 aliphatic rings. The number of fused-ring (bicyclic) bond motifs is 1. The fourth-order valence-corrected chi connectivity index (χ4v) is 4.10. The highest BCUT2D eigenvalue weighted by Crippen LogP contribution is 2.29. The molecular formula is C23H24F3N3O. The Morgan fingerprint density at radius 3 is 2.77 bits per heavy atom. The molecule has 0 saturated carbocycles. The van der Waals surface area contributed by atoms with Gasteiger partial charge in [-0.25, -0.2) is 0 Å². The minimum atomic E-state index is -4.46. The first kappa shape index (κ1) is 20.5. The van der Waals surface area contributed by atoms with Crippen LogP contribution in [0.1, 0.15) is 34.5 Å². The van der Waals surface area contributed by atoms with E-state index in [0.29, 0.717) is 6.54 Å². The number of benzene rings is 2. The van der Waals surface area contributed by atoms with Crippen molar-refractivity contribution >= 4 is 16.8 Å². The number of amides is 1. The van der Waals surface area contributed by atoms with Crippen molar-refractivity contribution in [2.75, 3.05) is 19.6 Å². The van der Waals surface area contributed by atoms with Crippen LogP contribution in [0.3, 0.4) is 0 Å². The Bertz CT molecular complexity index is 995. The van der Waals surface area contributed by atoms with Crippen LogP contribution in [0.25, 0.3) is 10.9 Å². The van der Waals surface area contributed by atoms with Crippen LogP contribution in [0.5, 0.6) is 0 Å². The number of carbonyl (C=O) groups excluding carboxylic acids is 1. The van der Waals surface area contributed by atoms with Gasteiger partial charge in [-0.15, -0.1) is 0 Å². The molecule has 158 valence electrons. The highest BCUT2D eigenvalue weighted by Gasteiger charge is 2.31. The standard InChI is InChI=1S/C23H24F3N3O/c24-23(25,26)19-8-3-7-18(11-19)22(30)27-13-16-5-4-10-29(14-16)15-20-12-17-6-1-2-9-21(17)28-20/h1-3,6-9,11-12,16,28H,4-5,10,13-15H2,(H,27,30)/t16-/m0/s1. The SMILES string of the molecule is O=C(NC[C@@H]1CCCN(Cc2cc3ccccc3[nH]2)C1)c1cccc(C(F)(F)F)c1. The normalized spacial score (nSPS) is 17.9. The van der Waals surface area contributed by atoms with Crippen molar-refractivity contribution in [2.24, 2.45) is 5.92 Å². The number of para-hydroxylation sites is 1. The number of aromatic nitrogens is 1. The maximum atomic E-state index is 12.9. The second-order valence-electron chi connectivity index (χ2n) is 7.91. The third kappa shape index (κ3) is 4.84. The van der Waals surface area contributed by atoms with E-state index in [4.69, 9.17) is 0 Å². The molecule has 0 bridgehead atoms. The van der Waals surface area contributed by atoms with Crippen LogP contribution in [-0.4, -0.2) is 35.4 Å². The molecule has 1 aliphatic heterocycles. The Morgan fingerprint density at radius 1 is 1.13 bits per heavy atom. The Hall–Kier alpha value is -2.80. The lowest BCUT2D eigenvalue weighted by Gasteiger charge is -2.32. The van der Waals surface area contributed by atoms with E-state index >= 15 is 0 Å². The summed E-state index contributed by atoms with van der Waals surface area (Å²) in [5.41, 5.74) is 1.51. The van der Waals surface area contributed by atoms with Gasteiger partial charge in [0.15, 0.2) is 0 Å². The molecule has 2 aromatic carbocycles. The molecule has 2 N–H and O–H groups in total. The lowest BCUT2D eigenvalue weighted by molar-refractivity contribution is -0.137. The van der Waals surface area contributed by atoms with Gasteiger partial charge in [-0.05, 0) is 61.0 Å². The lowest BCUT2D eigenvalue weighted by Crippen LogP contribution is -2.40. The smallest absolute Gasteiger partial charge is 0.357 e. The molecule has 1 aromatic heterocycles. The van der Waals surface area contributed by atoms with Gasteiger partial charge < -0.3 is 10.3 Å². The maximum Gasteiger partial charge on any atom is 0.416 e. The van der Waals surface area contributed by atoms with Crippen LogP contribution in [0.2, 0.25) is 0 Å². The van der Waals surface area contributed by atoms with Crippen molar-refractivity contribution in [1.82, 2.24) is 15.2 Å². The van der Waals surface area contributed by atoms with Gasteiger partial charge in [-0.2, -0.15) is 13.2 Å². The van der Waals surface area contributed by atoms with Crippen molar-refractivity contribution < 1.29 is 18.0 Å². The number of nitrogens with one attached hydrogen (secondary N) is 2. The number of aromatic amines is 1. The summed E-state index contributed by atoms with van der Waals surface area (Å²) in [6, 6.07) is 14.9. The van der Waals surface area contributed by atoms with Crippen molar-refractivity contribution in [2.45, 2.75) is 25.6 Å². The third-order valence-corrected chi connectivity index (χ3v) is 5.59. The van der Waals surface area contributed by atoms with Gasteiger partial charge in [-0.3, -0.25) is 9.69 Å². The zero-order valence-corrected chi connectivity index (χ0v) is 16.5. The lowest BCUT2D eigenvalue weighted by atomic mass is 9.97. The topological polar surface area (TPSA) is 48.1 Å². The zero-order chi connectivity index (χ0) is 21.1. The van der Waals surface area contributed by atoms with Crippen molar-refractivity contribution in [3.8, 4) is 0 Å². The van der Waals surface area contributed by atoms with Crippen LogP contribution >= 0.6 is 0 Å². The van der Waals surface area contributed by atoms with Crippen LogP contribution in [0, 0.1) is 5.92 Å². The molecule has 7 heteroatoms. The number of likely N-dealkylation sites (tertiary alicyclic amines) is 1. The van der Waals surface area contributed by atoms with Crippen molar-refractivity contribution in [3.63, 3.8) is 0 Å². The first-order valence-corrected chi connectivity index (χ1v) is 10.1. The van der Waals surface area contributed by atoms with Gasteiger partial charge in [0.2, 0.25) is 0 Å². The van der Waals surface area contributed by atoms with E-state index in [1.165, 1.54) is 17.5 Å². The van der Waals surface area contributed by atoms with Gasteiger partial charge in [0.1, 0.15) is 0 Å². The second kappa shape index (κ2) is 8.52. The Labute approximate surface area is 173 Å². The maximum absolute atomic E-state index is 12.9. The third-order valence-electron chi connectivity index (χ3n) is 5.59. The van der Waals surface area contributed by atoms with Crippen LogP contribution in [0.15, 0.2) is 54.6 Å². The van der Waals surface area contributed by atoms with E-state index in [1.807, 2.05) is 12.1 Å². The summed E-state index contributed by atoms with van der Waals surface area (Å²) in [5.74, 6) is -0.188. The largest absolute Gasteiger partial charge is 0.416 e.